The number of amides is 1. The van der Waals surface area contributed by atoms with Crippen molar-refractivity contribution in [2.75, 3.05) is 6.54 Å². The molecule has 0 aromatic heterocycles. The fraction of sp³-hybridized carbons (Fsp3) is 0.611. The highest BCUT2D eigenvalue weighted by molar-refractivity contribution is 5.72. The van der Waals surface area contributed by atoms with E-state index in [9.17, 15) is 9.90 Å². The average molecular weight is 305 g/mol. The van der Waals surface area contributed by atoms with Crippen LogP contribution in [-0.4, -0.2) is 34.0 Å². The Hall–Kier alpha value is -1.55. The highest BCUT2D eigenvalue weighted by atomic mass is 16.6. The van der Waals surface area contributed by atoms with Gasteiger partial charge in [-0.05, 0) is 31.2 Å². The molecule has 4 heteroatoms. The molecule has 1 aliphatic heterocycles. The van der Waals surface area contributed by atoms with Crippen molar-refractivity contribution in [3.8, 4) is 0 Å². The van der Waals surface area contributed by atoms with Gasteiger partial charge < -0.3 is 9.84 Å². The lowest BCUT2D eigenvalue weighted by Gasteiger charge is -2.41. The second-order valence-corrected chi connectivity index (χ2v) is 7.20. The summed E-state index contributed by atoms with van der Waals surface area (Å²) in [6.45, 7) is 10.2. The first-order valence-corrected chi connectivity index (χ1v) is 7.92. The maximum Gasteiger partial charge on any atom is 0.412 e. The molecular formula is C18H27NO3. The molecule has 1 N–H and O–H groups in total. The third-order valence-electron chi connectivity index (χ3n) is 4.84. The van der Waals surface area contributed by atoms with Gasteiger partial charge >= 0.3 is 6.09 Å². The lowest BCUT2D eigenvalue weighted by atomic mass is 9.72. The molecule has 1 heterocycles. The van der Waals surface area contributed by atoms with E-state index in [2.05, 4.69) is 26.0 Å². The summed E-state index contributed by atoms with van der Waals surface area (Å²) in [5, 5.41) is 11.0. The first kappa shape index (κ1) is 16.8. The molecular weight excluding hydrogens is 278 g/mol. The van der Waals surface area contributed by atoms with Crippen LogP contribution in [0.25, 0.3) is 0 Å². The maximum absolute atomic E-state index is 12.2. The summed E-state index contributed by atoms with van der Waals surface area (Å²) in [5.41, 5.74) is -1.32. The zero-order valence-electron chi connectivity index (χ0n) is 14.2. The summed E-state index contributed by atoms with van der Waals surface area (Å²) >= 11 is 0. The smallest absolute Gasteiger partial charge is 0.412 e. The van der Waals surface area contributed by atoms with Crippen molar-refractivity contribution in [2.45, 2.75) is 64.2 Å². The molecule has 122 valence electrons. The summed E-state index contributed by atoms with van der Waals surface area (Å²) in [6, 6.07) is 10.1. The number of aliphatic hydroxyl groups is 1. The van der Waals surface area contributed by atoms with E-state index in [4.69, 9.17) is 4.74 Å². The number of carbonyl (C=O) groups excluding carboxylic acids is 1. The largest absolute Gasteiger partial charge is 0.438 e. The lowest BCUT2D eigenvalue weighted by molar-refractivity contribution is -0.145. The minimum absolute atomic E-state index is 0.220. The Balaban J connectivity index is 2.30. The van der Waals surface area contributed by atoms with E-state index in [1.54, 1.807) is 6.92 Å². The monoisotopic (exact) mass is 305 g/mol. The van der Waals surface area contributed by atoms with E-state index in [1.807, 2.05) is 32.0 Å². The summed E-state index contributed by atoms with van der Waals surface area (Å²) < 4.78 is 5.62. The van der Waals surface area contributed by atoms with E-state index >= 15 is 0 Å². The Morgan fingerprint density at radius 1 is 1.23 bits per heavy atom. The number of hydrogen-bond acceptors (Lipinski definition) is 3. The van der Waals surface area contributed by atoms with E-state index < -0.39 is 17.4 Å². The highest BCUT2D eigenvalue weighted by Crippen LogP contribution is 2.45. The van der Waals surface area contributed by atoms with Crippen molar-refractivity contribution in [3.63, 3.8) is 0 Å². The van der Waals surface area contributed by atoms with Crippen LogP contribution in [-0.2, 0) is 10.2 Å². The van der Waals surface area contributed by atoms with Gasteiger partial charge in [-0.1, -0.05) is 51.1 Å². The Bertz CT molecular complexity index is 539. The van der Waals surface area contributed by atoms with Gasteiger partial charge in [0.05, 0.1) is 0 Å². The second kappa shape index (κ2) is 5.58. The Labute approximate surface area is 133 Å². The molecule has 2 rings (SSSR count). The van der Waals surface area contributed by atoms with E-state index in [-0.39, 0.29) is 5.41 Å². The fourth-order valence-corrected chi connectivity index (χ4v) is 3.38. The number of ether oxygens (including phenoxy) is 1. The molecule has 1 fully saturated rings. The number of nitrogens with zero attached hydrogens (tertiary/aromatic N) is 1. The molecule has 1 aromatic carbocycles. The van der Waals surface area contributed by atoms with Crippen molar-refractivity contribution in [3.05, 3.63) is 35.9 Å². The van der Waals surface area contributed by atoms with Gasteiger partial charge in [-0.25, -0.2) is 4.79 Å². The van der Waals surface area contributed by atoms with Crippen molar-refractivity contribution in [2.24, 2.45) is 0 Å². The standard InChI is InChI=1S/C18H27NO3/c1-6-12-19-15(20)22-17(4,18(19,5)21)13-16(2,3)14-10-8-7-9-11-14/h7-11,21H,6,12-13H2,1-5H3/t17-,18-/m1/s1. The molecule has 1 saturated heterocycles. The molecule has 0 radical (unpaired) electrons. The first-order chi connectivity index (χ1) is 10.1. The molecule has 1 aromatic rings. The van der Waals surface area contributed by atoms with Crippen LogP contribution in [0.5, 0.6) is 0 Å². The van der Waals surface area contributed by atoms with Gasteiger partial charge in [0.25, 0.3) is 0 Å². The molecule has 0 saturated carbocycles. The molecule has 0 spiro atoms. The first-order valence-electron chi connectivity index (χ1n) is 7.92. The number of carbonyl (C=O) groups is 1. The summed E-state index contributed by atoms with van der Waals surface area (Å²) in [5.74, 6) is 0. The molecule has 2 atom stereocenters. The SMILES string of the molecule is CCCN1C(=O)O[C@](C)(CC(C)(C)c2ccccc2)[C@@]1(C)O. The van der Waals surface area contributed by atoms with Gasteiger partial charge in [0.1, 0.15) is 0 Å². The maximum atomic E-state index is 12.2. The van der Waals surface area contributed by atoms with E-state index in [1.165, 1.54) is 4.90 Å². The normalized spacial score (nSPS) is 28.8. The van der Waals surface area contributed by atoms with Gasteiger partial charge in [0.2, 0.25) is 0 Å². The summed E-state index contributed by atoms with van der Waals surface area (Å²) in [4.78, 5) is 13.6. The van der Waals surface area contributed by atoms with Crippen molar-refractivity contribution in [1.82, 2.24) is 4.90 Å². The van der Waals surface area contributed by atoms with Crippen molar-refractivity contribution < 1.29 is 14.6 Å². The minimum Gasteiger partial charge on any atom is -0.438 e. The summed E-state index contributed by atoms with van der Waals surface area (Å²) in [6.07, 6.45) is 0.894. The molecule has 4 nitrogen and oxygen atoms in total. The van der Waals surface area contributed by atoms with Gasteiger partial charge in [0, 0.05) is 13.0 Å². The van der Waals surface area contributed by atoms with Crippen molar-refractivity contribution >= 4 is 6.09 Å². The van der Waals surface area contributed by atoms with Gasteiger partial charge in [-0.15, -0.1) is 0 Å². The predicted molar refractivity (Wildman–Crippen MR) is 86.6 cm³/mol. The Morgan fingerprint density at radius 3 is 2.36 bits per heavy atom. The molecule has 1 aliphatic rings. The number of rotatable bonds is 5. The third kappa shape index (κ3) is 2.72. The fourth-order valence-electron chi connectivity index (χ4n) is 3.38. The van der Waals surface area contributed by atoms with Crippen LogP contribution in [0.4, 0.5) is 4.79 Å². The number of benzene rings is 1. The van der Waals surface area contributed by atoms with Crippen LogP contribution >= 0.6 is 0 Å². The van der Waals surface area contributed by atoms with Crippen LogP contribution < -0.4 is 0 Å². The molecule has 0 aliphatic carbocycles. The van der Waals surface area contributed by atoms with E-state index in [0.717, 1.165) is 12.0 Å². The lowest BCUT2D eigenvalue weighted by Crippen LogP contribution is -2.56. The van der Waals surface area contributed by atoms with Crippen molar-refractivity contribution in [1.29, 1.82) is 0 Å². The van der Waals surface area contributed by atoms with Crippen LogP contribution in [0.15, 0.2) is 30.3 Å². The number of hydrogen-bond donors (Lipinski definition) is 1. The van der Waals surface area contributed by atoms with Crippen LogP contribution in [0.1, 0.15) is 53.0 Å². The molecule has 0 bridgehead atoms. The average Bonchev–Trinajstić information content (AvgIpc) is 2.59. The Kier molecular flexibility index (Phi) is 4.26. The van der Waals surface area contributed by atoms with Crippen LogP contribution in [0.2, 0.25) is 0 Å². The predicted octanol–water partition coefficient (Wildman–Crippen LogP) is 3.68. The summed E-state index contributed by atoms with van der Waals surface area (Å²) in [7, 11) is 0. The second-order valence-electron chi connectivity index (χ2n) is 7.20. The topological polar surface area (TPSA) is 49.8 Å². The zero-order valence-corrected chi connectivity index (χ0v) is 14.2. The van der Waals surface area contributed by atoms with Crippen LogP contribution in [0.3, 0.4) is 0 Å². The third-order valence-corrected chi connectivity index (χ3v) is 4.84. The molecule has 0 unspecified atom stereocenters. The highest BCUT2D eigenvalue weighted by Gasteiger charge is 2.60. The van der Waals surface area contributed by atoms with Gasteiger partial charge in [-0.2, -0.15) is 0 Å². The van der Waals surface area contributed by atoms with E-state index in [0.29, 0.717) is 13.0 Å². The molecule has 1 amide bonds. The quantitative estimate of drug-likeness (QED) is 0.902. The van der Waals surface area contributed by atoms with Crippen LogP contribution in [0, 0.1) is 0 Å². The van der Waals surface area contributed by atoms with Gasteiger partial charge in [0.15, 0.2) is 11.3 Å². The number of cyclic esters (lactones) is 1. The Morgan fingerprint density at radius 2 is 1.82 bits per heavy atom. The zero-order chi connectivity index (χ0) is 16.6. The molecule has 22 heavy (non-hydrogen) atoms. The van der Waals surface area contributed by atoms with Gasteiger partial charge in [-0.3, -0.25) is 4.90 Å². The minimum atomic E-state index is -1.31.